The molecule has 2 unspecified atom stereocenters. The third kappa shape index (κ3) is 6.67. The first-order valence-corrected chi connectivity index (χ1v) is 4.79. The van der Waals surface area contributed by atoms with Crippen molar-refractivity contribution in [2.75, 3.05) is 26.3 Å². The molecule has 1 rings (SSSR count). The number of ether oxygens (including phenoxy) is 3. The molecular weight excluding hydrogens is 222 g/mol. The maximum absolute atomic E-state index is 10.6. The SMILES string of the molecule is CC(=O)OC(C)OCC1CNCCO1.Cl. The normalized spacial score (nSPS) is 22.7. The van der Waals surface area contributed by atoms with Gasteiger partial charge in [-0.2, -0.15) is 0 Å². The number of hydrogen-bond acceptors (Lipinski definition) is 5. The molecule has 0 aromatic carbocycles. The minimum Gasteiger partial charge on any atom is -0.436 e. The van der Waals surface area contributed by atoms with Crippen LogP contribution in [0.3, 0.4) is 0 Å². The van der Waals surface area contributed by atoms with E-state index >= 15 is 0 Å². The highest BCUT2D eigenvalue weighted by Crippen LogP contribution is 2.00. The van der Waals surface area contributed by atoms with Gasteiger partial charge in [-0.3, -0.25) is 4.79 Å². The van der Waals surface area contributed by atoms with Gasteiger partial charge in [0.15, 0.2) is 6.29 Å². The first-order valence-electron chi connectivity index (χ1n) is 4.79. The first kappa shape index (κ1) is 14.6. The molecule has 2 atom stereocenters. The zero-order valence-corrected chi connectivity index (χ0v) is 9.84. The van der Waals surface area contributed by atoms with Crippen LogP contribution >= 0.6 is 12.4 Å². The molecule has 0 saturated carbocycles. The molecule has 1 heterocycles. The zero-order chi connectivity index (χ0) is 10.4. The second kappa shape index (κ2) is 7.87. The van der Waals surface area contributed by atoms with Crippen LogP contribution in [0.2, 0.25) is 0 Å². The van der Waals surface area contributed by atoms with Gasteiger partial charge in [-0.05, 0) is 6.92 Å². The molecule has 1 aliphatic heterocycles. The van der Waals surface area contributed by atoms with E-state index in [0.717, 1.165) is 13.1 Å². The molecule has 0 aromatic heterocycles. The molecule has 1 fully saturated rings. The number of hydrogen-bond donors (Lipinski definition) is 1. The number of carbonyl (C=O) groups excluding carboxylic acids is 1. The van der Waals surface area contributed by atoms with Crippen LogP contribution in [0.25, 0.3) is 0 Å². The Labute approximate surface area is 95.9 Å². The molecular formula is C9H18ClNO4. The zero-order valence-electron chi connectivity index (χ0n) is 9.02. The molecule has 5 nitrogen and oxygen atoms in total. The van der Waals surface area contributed by atoms with E-state index < -0.39 is 6.29 Å². The molecule has 1 aliphatic rings. The van der Waals surface area contributed by atoms with Crippen LogP contribution in [0.5, 0.6) is 0 Å². The fraction of sp³-hybridized carbons (Fsp3) is 0.889. The molecule has 0 radical (unpaired) electrons. The van der Waals surface area contributed by atoms with Crippen molar-refractivity contribution in [2.45, 2.75) is 26.2 Å². The highest BCUT2D eigenvalue weighted by Gasteiger charge is 2.15. The molecule has 1 saturated heterocycles. The number of rotatable bonds is 4. The smallest absolute Gasteiger partial charge is 0.304 e. The van der Waals surface area contributed by atoms with Gasteiger partial charge in [0.1, 0.15) is 0 Å². The lowest BCUT2D eigenvalue weighted by Gasteiger charge is -2.24. The number of carbonyl (C=O) groups is 1. The van der Waals surface area contributed by atoms with Crippen LogP contribution in [0, 0.1) is 0 Å². The molecule has 0 bridgehead atoms. The van der Waals surface area contributed by atoms with Crippen molar-refractivity contribution in [3.63, 3.8) is 0 Å². The summed E-state index contributed by atoms with van der Waals surface area (Å²) in [6.07, 6.45) is -0.445. The Morgan fingerprint density at radius 1 is 1.67 bits per heavy atom. The Hall–Kier alpha value is -0.360. The summed E-state index contributed by atoms with van der Waals surface area (Å²) in [6, 6.07) is 0. The summed E-state index contributed by atoms with van der Waals surface area (Å²) in [5.41, 5.74) is 0. The Kier molecular flexibility index (Phi) is 7.68. The molecule has 0 aromatic rings. The van der Waals surface area contributed by atoms with Crippen LogP contribution in [0.4, 0.5) is 0 Å². The number of esters is 1. The van der Waals surface area contributed by atoms with E-state index in [9.17, 15) is 4.79 Å². The monoisotopic (exact) mass is 239 g/mol. The van der Waals surface area contributed by atoms with Crippen molar-refractivity contribution in [3.05, 3.63) is 0 Å². The maximum atomic E-state index is 10.6. The summed E-state index contributed by atoms with van der Waals surface area (Å²) in [7, 11) is 0. The van der Waals surface area contributed by atoms with Gasteiger partial charge in [0.2, 0.25) is 0 Å². The van der Waals surface area contributed by atoms with Gasteiger partial charge >= 0.3 is 5.97 Å². The summed E-state index contributed by atoms with van der Waals surface area (Å²) in [6.45, 7) is 5.87. The third-order valence-corrected chi connectivity index (χ3v) is 1.85. The van der Waals surface area contributed by atoms with Crippen molar-refractivity contribution in [3.8, 4) is 0 Å². The number of morpholine rings is 1. The third-order valence-electron chi connectivity index (χ3n) is 1.85. The average molecular weight is 240 g/mol. The fourth-order valence-corrected chi connectivity index (χ4v) is 1.24. The lowest BCUT2D eigenvalue weighted by molar-refractivity contribution is -0.179. The molecule has 6 heteroatoms. The minimum atomic E-state index is -0.502. The van der Waals surface area contributed by atoms with Crippen molar-refractivity contribution < 1.29 is 19.0 Å². The van der Waals surface area contributed by atoms with Crippen molar-refractivity contribution in [1.82, 2.24) is 5.32 Å². The first-order chi connectivity index (χ1) is 6.68. The largest absolute Gasteiger partial charge is 0.436 e. The topological polar surface area (TPSA) is 56.8 Å². The van der Waals surface area contributed by atoms with E-state index in [2.05, 4.69) is 5.32 Å². The predicted octanol–water partition coefficient (Wildman–Crippen LogP) is 0.322. The van der Waals surface area contributed by atoms with Gasteiger partial charge in [-0.1, -0.05) is 0 Å². The molecule has 0 amide bonds. The summed E-state index contributed by atoms with van der Waals surface area (Å²) in [5, 5.41) is 3.19. The van der Waals surface area contributed by atoms with E-state index in [1.807, 2.05) is 0 Å². The van der Waals surface area contributed by atoms with Crippen molar-refractivity contribution >= 4 is 18.4 Å². The van der Waals surface area contributed by atoms with E-state index in [4.69, 9.17) is 14.2 Å². The van der Waals surface area contributed by atoms with Crippen LogP contribution in [0.1, 0.15) is 13.8 Å². The van der Waals surface area contributed by atoms with Gasteiger partial charge in [-0.25, -0.2) is 0 Å². The van der Waals surface area contributed by atoms with E-state index in [-0.39, 0.29) is 24.5 Å². The lowest BCUT2D eigenvalue weighted by Crippen LogP contribution is -2.41. The van der Waals surface area contributed by atoms with Crippen LogP contribution in [-0.4, -0.2) is 44.7 Å². The predicted molar refractivity (Wildman–Crippen MR) is 57.0 cm³/mol. The number of nitrogens with one attached hydrogen (secondary N) is 1. The molecule has 0 aliphatic carbocycles. The molecule has 15 heavy (non-hydrogen) atoms. The Morgan fingerprint density at radius 3 is 2.93 bits per heavy atom. The molecule has 90 valence electrons. The van der Waals surface area contributed by atoms with Crippen LogP contribution in [0.15, 0.2) is 0 Å². The van der Waals surface area contributed by atoms with E-state index in [1.54, 1.807) is 6.92 Å². The summed E-state index contributed by atoms with van der Waals surface area (Å²) in [4.78, 5) is 10.6. The minimum absolute atomic E-state index is 0. The van der Waals surface area contributed by atoms with Crippen molar-refractivity contribution in [2.24, 2.45) is 0 Å². The van der Waals surface area contributed by atoms with Gasteiger partial charge in [0.05, 0.1) is 19.3 Å². The van der Waals surface area contributed by atoms with Gasteiger partial charge in [0, 0.05) is 20.0 Å². The second-order valence-corrected chi connectivity index (χ2v) is 3.21. The average Bonchev–Trinajstić information content (AvgIpc) is 2.15. The summed E-state index contributed by atoms with van der Waals surface area (Å²) >= 11 is 0. The fourth-order valence-electron chi connectivity index (χ4n) is 1.24. The van der Waals surface area contributed by atoms with E-state index in [0.29, 0.717) is 13.2 Å². The highest BCUT2D eigenvalue weighted by atomic mass is 35.5. The molecule has 1 N–H and O–H groups in total. The molecule has 0 spiro atoms. The van der Waals surface area contributed by atoms with Crippen LogP contribution < -0.4 is 5.32 Å². The van der Waals surface area contributed by atoms with Crippen LogP contribution in [-0.2, 0) is 19.0 Å². The second-order valence-electron chi connectivity index (χ2n) is 3.21. The number of halogens is 1. The van der Waals surface area contributed by atoms with Gasteiger partial charge < -0.3 is 19.5 Å². The summed E-state index contributed by atoms with van der Waals surface area (Å²) in [5.74, 6) is -0.333. The maximum Gasteiger partial charge on any atom is 0.304 e. The van der Waals surface area contributed by atoms with Crippen molar-refractivity contribution in [1.29, 1.82) is 0 Å². The van der Waals surface area contributed by atoms with Gasteiger partial charge in [-0.15, -0.1) is 12.4 Å². The Bertz CT molecular complexity index is 185. The highest BCUT2D eigenvalue weighted by molar-refractivity contribution is 5.85. The Morgan fingerprint density at radius 2 is 2.40 bits per heavy atom. The standard InChI is InChI=1S/C9H17NO4.ClH/c1-7(11)14-8(2)13-6-9-5-10-3-4-12-9;/h8-10H,3-6H2,1-2H3;1H. The Balaban J connectivity index is 0.00000196. The quantitative estimate of drug-likeness (QED) is 0.566. The summed E-state index contributed by atoms with van der Waals surface area (Å²) < 4.78 is 15.5. The lowest BCUT2D eigenvalue weighted by atomic mass is 10.3. The van der Waals surface area contributed by atoms with Gasteiger partial charge in [0.25, 0.3) is 0 Å². The van der Waals surface area contributed by atoms with E-state index in [1.165, 1.54) is 6.92 Å².